The van der Waals surface area contributed by atoms with Gasteiger partial charge in [-0.3, -0.25) is 0 Å². The van der Waals surface area contributed by atoms with Crippen molar-refractivity contribution in [2.75, 3.05) is 7.11 Å². The number of nitrogens with zero attached hydrogens (tertiary/aromatic N) is 3. The zero-order valence-corrected chi connectivity index (χ0v) is 12.1. The smallest absolute Gasteiger partial charge is 0.407 e. The van der Waals surface area contributed by atoms with E-state index >= 15 is 0 Å². The Hall–Kier alpha value is -2.41. The third kappa shape index (κ3) is 4.88. The lowest BCUT2D eigenvalue weighted by Gasteiger charge is -2.06. The Balaban J connectivity index is 1.72. The first-order valence-electron chi connectivity index (χ1n) is 6.51. The van der Waals surface area contributed by atoms with Gasteiger partial charge in [0.05, 0.1) is 6.20 Å². The molecule has 0 spiro atoms. The molecule has 1 heterocycles. The fraction of sp³-hybridized carbons (Fsp3) is 0.357. The van der Waals surface area contributed by atoms with Crippen LogP contribution in [-0.4, -0.2) is 28.2 Å². The summed E-state index contributed by atoms with van der Waals surface area (Å²) in [4.78, 5) is 11.6. The van der Waals surface area contributed by atoms with Gasteiger partial charge in [0.1, 0.15) is 19.0 Å². The van der Waals surface area contributed by atoms with Gasteiger partial charge in [-0.25, -0.2) is 9.48 Å². The molecule has 21 heavy (non-hydrogen) atoms. The van der Waals surface area contributed by atoms with Gasteiger partial charge in [-0.1, -0.05) is 35.0 Å². The molecule has 0 aliphatic heterocycles. The molecule has 112 valence electrons. The summed E-state index contributed by atoms with van der Waals surface area (Å²) >= 11 is 0. The molecule has 1 amide bonds. The second-order valence-corrected chi connectivity index (χ2v) is 4.58. The lowest BCUT2D eigenvalue weighted by Crippen LogP contribution is -2.23. The van der Waals surface area contributed by atoms with Crippen molar-refractivity contribution in [3.8, 4) is 0 Å². The topological polar surface area (TPSA) is 78.3 Å². The van der Waals surface area contributed by atoms with E-state index in [9.17, 15) is 4.79 Å². The zero-order valence-electron chi connectivity index (χ0n) is 12.1. The number of aryl methyl sites for hydroxylation is 1. The Morgan fingerprint density at radius 1 is 1.33 bits per heavy atom. The van der Waals surface area contributed by atoms with E-state index in [1.165, 1.54) is 10.2 Å². The van der Waals surface area contributed by atoms with Crippen LogP contribution in [-0.2, 0) is 29.4 Å². The molecule has 0 radical (unpaired) electrons. The maximum absolute atomic E-state index is 11.6. The van der Waals surface area contributed by atoms with Crippen LogP contribution >= 0.6 is 0 Å². The van der Waals surface area contributed by atoms with E-state index < -0.39 is 6.09 Å². The predicted molar refractivity (Wildman–Crippen MR) is 75.2 cm³/mol. The number of benzene rings is 1. The van der Waals surface area contributed by atoms with Crippen molar-refractivity contribution in [2.45, 2.75) is 26.8 Å². The Labute approximate surface area is 122 Å². The van der Waals surface area contributed by atoms with Crippen LogP contribution in [0.4, 0.5) is 4.79 Å². The molecule has 0 unspecified atom stereocenters. The van der Waals surface area contributed by atoms with Crippen LogP contribution < -0.4 is 5.32 Å². The minimum atomic E-state index is -0.489. The summed E-state index contributed by atoms with van der Waals surface area (Å²) in [5.74, 6) is 0. The molecule has 0 atom stereocenters. The summed E-state index contributed by atoms with van der Waals surface area (Å²) < 4.78 is 11.5. The first kappa shape index (κ1) is 15.0. The molecule has 0 aliphatic carbocycles. The third-order valence-corrected chi connectivity index (χ3v) is 2.76. The highest BCUT2D eigenvalue weighted by Gasteiger charge is 2.05. The Morgan fingerprint density at radius 3 is 2.81 bits per heavy atom. The standard InChI is InChI=1S/C14H18N4O3/c1-11-3-5-12(6-4-11)7-15-14(19)21-9-13-8-18(10-20-2)17-16-13/h3-6,8H,7,9-10H2,1-2H3,(H,15,19). The minimum Gasteiger partial charge on any atom is -0.443 e. The molecule has 0 fully saturated rings. The minimum absolute atomic E-state index is 0.0729. The highest BCUT2D eigenvalue weighted by atomic mass is 16.5. The fourth-order valence-corrected chi connectivity index (χ4v) is 1.67. The van der Waals surface area contributed by atoms with E-state index in [0.29, 0.717) is 19.0 Å². The number of nitrogens with one attached hydrogen (secondary N) is 1. The third-order valence-electron chi connectivity index (χ3n) is 2.76. The lowest BCUT2D eigenvalue weighted by atomic mass is 10.1. The summed E-state index contributed by atoms with van der Waals surface area (Å²) in [5, 5.41) is 10.4. The number of hydrogen-bond donors (Lipinski definition) is 1. The number of carbonyl (C=O) groups excluding carboxylic acids is 1. The van der Waals surface area contributed by atoms with Crippen LogP contribution in [0.5, 0.6) is 0 Å². The fourth-order valence-electron chi connectivity index (χ4n) is 1.67. The van der Waals surface area contributed by atoms with Gasteiger partial charge in [-0.2, -0.15) is 0 Å². The van der Waals surface area contributed by atoms with Gasteiger partial charge < -0.3 is 14.8 Å². The first-order chi connectivity index (χ1) is 10.2. The number of alkyl carbamates (subject to hydrolysis) is 1. The van der Waals surface area contributed by atoms with Crippen molar-refractivity contribution >= 4 is 6.09 Å². The van der Waals surface area contributed by atoms with Gasteiger partial charge in [0.2, 0.25) is 0 Å². The van der Waals surface area contributed by atoms with E-state index in [1.54, 1.807) is 13.3 Å². The summed E-state index contributed by atoms with van der Waals surface area (Å²) in [5.41, 5.74) is 2.77. The maximum atomic E-state index is 11.6. The van der Waals surface area contributed by atoms with E-state index in [-0.39, 0.29) is 6.61 Å². The number of aromatic nitrogens is 3. The normalized spacial score (nSPS) is 10.4. The first-order valence-corrected chi connectivity index (χ1v) is 6.51. The van der Waals surface area contributed by atoms with Gasteiger partial charge in [-0.05, 0) is 12.5 Å². The number of rotatable bonds is 6. The van der Waals surface area contributed by atoms with Crippen LogP contribution in [0.2, 0.25) is 0 Å². The van der Waals surface area contributed by atoms with Crippen LogP contribution in [0.25, 0.3) is 0 Å². The number of carbonyl (C=O) groups is 1. The van der Waals surface area contributed by atoms with E-state index in [4.69, 9.17) is 9.47 Å². The Kier molecular flexibility index (Phi) is 5.28. The number of hydrogen-bond acceptors (Lipinski definition) is 5. The zero-order chi connectivity index (χ0) is 15.1. The van der Waals surface area contributed by atoms with E-state index in [2.05, 4.69) is 15.6 Å². The Bertz CT molecular complexity index is 580. The average Bonchev–Trinajstić information content (AvgIpc) is 2.93. The molecule has 2 rings (SSSR count). The van der Waals surface area contributed by atoms with Gasteiger partial charge in [0.15, 0.2) is 0 Å². The maximum Gasteiger partial charge on any atom is 0.407 e. The molecule has 0 saturated carbocycles. The van der Waals surface area contributed by atoms with Crippen molar-refractivity contribution in [3.05, 3.63) is 47.3 Å². The van der Waals surface area contributed by atoms with Gasteiger partial charge >= 0.3 is 6.09 Å². The summed E-state index contributed by atoms with van der Waals surface area (Å²) in [6.07, 6.45) is 1.17. The van der Waals surface area contributed by atoms with Crippen molar-refractivity contribution in [3.63, 3.8) is 0 Å². The van der Waals surface area contributed by atoms with Crippen molar-refractivity contribution in [1.29, 1.82) is 0 Å². The molecular weight excluding hydrogens is 272 g/mol. The average molecular weight is 290 g/mol. The van der Waals surface area contributed by atoms with E-state index in [1.807, 2.05) is 31.2 Å². The SMILES string of the molecule is COCn1cc(COC(=O)NCc2ccc(C)cc2)nn1. The molecule has 0 aliphatic rings. The molecule has 2 aromatic rings. The molecular formula is C14H18N4O3. The Morgan fingerprint density at radius 2 is 2.10 bits per heavy atom. The van der Waals surface area contributed by atoms with Gasteiger partial charge in [0.25, 0.3) is 0 Å². The van der Waals surface area contributed by atoms with Crippen LogP contribution in [0, 0.1) is 6.92 Å². The quantitative estimate of drug-likeness (QED) is 0.874. The summed E-state index contributed by atoms with van der Waals surface area (Å²) in [6, 6.07) is 7.92. The largest absolute Gasteiger partial charge is 0.443 e. The van der Waals surface area contributed by atoms with Gasteiger partial charge in [-0.15, -0.1) is 5.10 Å². The highest BCUT2D eigenvalue weighted by molar-refractivity contribution is 5.67. The molecule has 1 aromatic heterocycles. The molecule has 7 nitrogen and oxygen atoms in total. The highest BCUT2D eigenvalue weighted by Crippen LogP contribution is 2.03. The van der Waals surface area contributed by atoms with Gasteiger partial charge in [0, 0.05) is 13.7 Å². The number of ether oxygens (including phenoxy) is 2. The lowest BCUT2D eigenvalue weighted by molar-refractivity contribution is 0.119. The molecule has 0 bridgehead atoms. The van der Waals surface area contributed by atoms with Crippen LogP contribution in [0.3, 0.4) is 0 Å². The molecule has 1 N–H and O–H groups in total. The van der Waals surface area contributed by atoms with Crippen molar-refractivity contribution in [2.24, 2.45) is 0 Å². The van der Waals surface area contributed by atoms with Crippen molar-refractivity contribution < 1.29 is 14.3 Å². The molecule has 7 heteroatoms. The number of amides is 1. The summed E-state index contributed by atoms with van der Waals surface area (Å²) in [7, 11) is 1.57. The molecule has 0 saturated heterocycles. The van der Waals surface area contributed by atoms with Crippen LogP contribution in [0.15, 0.2) is 30.5 Å². The predicted octanol–water partition coefficient (Wildman–Crippen LogP) is 1.62. The number of methoxy groups -OCH3 is 1. The monoisotopic (exact) mass is 290 g/mol. The second kappa shape index (κ2) is 7.39. The van der Waals surface area contributed by atoms with Crippen molar-refractivity contribution in [1.82, 2.24) is 20.3 Å². The molecule has 1 aromatic carbocycles. The van der Waals surface area contributed by atoms with Crippen LogP contribution in [0.1, 0.15) is 16.8 Å². The van der Waals surface area contributed by atoms with E-state index in [0.717, 1.165) is 5.56 Å². The second-order valence-electron chi connectivity index (χ2n) is 4.58. The summed E-state index contributed by atoms with van der Waals surface area (Å²) in [6.45, 7) is 2.83.